The number of rotatable bonds is 6. The fourth-order valence-corrected chi connectivity index (χ4v) is 0.768. The Kier molecular flexibility index (Phi) is 6.23. The molecule has 0 bridgehead atoms. The molecule has 5 nitrogen and oxygen atoms in total. The molecule has 0 aliphatic rings. The van der Waals surface area contributed by atoms with Gasteiger partial charge in [0, 0.05) is 0 Å². The van der Waals surface area contributed by atoms with Crippen LogP contribution in [0.3, 0.4) is 0 Å². The van der Waals surface area contributed by atoms with E-state index in [9.17, 15) is 0 Å². The normalized spacial score (nSPS) is 18.8. The van der Waals surface area contributed by atoms with Gasteiger partial charge < -0.3 is 25.5 Å². The highest BCUT2D eigenvalue weighted by Gasteiger charge is 2.16. The van der Waals surface area contributed by atoms with Crippen molar-refractivity contribution in [3.05, 3.63) is 0 Å². The summed E-state index contributed by atoms with van der Waals surface area (Å²) in [5.41, 5.74) is 0. The van der Waals surface area contributed by atoms with Crippen LogP contribution in [0, 0.1) is 0 Å². The Morgan fingerprint density at radius 2 is 1.33 bits per heavy atom. The van der Waals surface area contributed by atoms with E-state index in [1.54, 1.807) is 0 Å². The van der Waals surface area contributed by atoms with E-state index in [-0.39, 0.29) is 19.4 Å². The third kappa shape index (κ3) is 4.63. The van der Waals surface area contributed by atoms with E-state index >= 15 is 0 Å². The van der Waals surface area contributed by atoms with Crippen molar-refractivity contribution >= 4 is 0 Å². The first-order valence-electron chi connectivity index (χ1n) is 3.87. The first kappa shape index (κ1) is 11.8. The van der Waals surface area contributed by atoms with Crippen molar-refractivity contribution in [3.8, 4) is 0 Å². The zero-order chi connectivity index (χ0) is 9.56. The third-order valence-corrected chi connectivity index (χ3v) is 1.64. The Hall–Kier alpha value is -0.200. The van der Waals surface area contributed by atoms with Gasteiger partial charge in [-0.15, -0.1) is 0 Å². The predicted octanol–water partition coefficient (Wildman–Crippen LogP) is -2.17. The minimum atomic E-state index is -1.17. The van der Waals surface area contributed by atoms with Crippen LogP contribution in [0.15, 0.2) is 0 Å². The number of aliphatic hydroxyl groups excluding tert-OH is 5. The lowest BCUT2D eigenvalue weighted by Crippen LogP contribution is -2.30. The van der Waals surface area contributed by atoms with Gasteiger partial charge in [0.25, 0.3) is 0 Å². The van der Waals surface area contributed by atoms with Crippen LogP contribution in [-0.2, 0) is 0 Å². The van der Waals surface area contributed by atoms with Gasteiger partial charge >= 0.3 is 0 Å². The fourth-order valence-electron chi connectivity index (χ4n) is 0.768. The summed E-state index contributed by atoms with van der Waals surface area (Å²) in [6, 6.07) is 0. The summed E-state index contributed by atoms with van der Waals surface area (Å²) in [5, 5.41) is 43.6. The van der Waals surface area contributed by atoms with Gasteiger partial charge in [-0.25, -0.2) is 0 Å². The van der Waals surface area contributed by atoms with E-state index < -0.39 is 24.9 Å². The Labute approximate surface area is 70.9 Å². The van der Waals surface area contributed by atoms with Gasteiger partial charge in [-0.05, 0) is 12.8 Å². The maximum absolute atomic E-state index is 9.06. The Morgan fingerprint density at radius 1 is 0.750 bits per heavy atom. The van der Waals surface area contributed by atoms with Gasteiger partial charge in [0.05, 0.1) is 25.4 Å². The molecule has 0 heterocycles. The molecule has 0 saturated carbocycles. The molecule has 5 heteroatoms. The third-order valence-electron chi connectivity index (χ3n) is 1.64. The van der Waals surface area contributed by atoms with Crippen molar-refractivity contribution in [2.75, 3.05) is 13.2 Å². The molecule has 74 valence electrons. The van der Waals surface area contributed by atoms with E-state index in [4.69, 9.17) is 25.5 Å². The van der Waals surface area contributed by atoms with Crippen molar-refractivity contribution in [2.45, 2.75) is 31.2 Å². The van der Waals surface area contributed by atoms with Crippen LogP contribution in [0.25, 0.3) is 0 Å². The molecule has 0 fully saturated rings. The van der Waals surface area contributed by atoms with Crippen LogP contribution in [0.1, 0.15) is 12.8 Å². The van der Waals surface area contributed by atoms with Crippen molar-refractivity contribution in [2.24, 2.45) is 0 Å². The second-order valence-electron chi connectivity index (χ2n) is 2.73. The highest BCUT2D eigenvalue weighted by molar-refractivity contribution is 4.67. The average Bonchev–Trinajstić information content (AvgIpc) is 2.11. The monoisotopic (exact) mass is 180 g/mol. The Morgan fingerprint density at radius 3 is 1.75 bits per heavy atom. The molecular weight excluding hydrogens is 164 g/mol. The van der Waals surface area contributed by atoms with Crippen LogP contribution >= 0.6 is 0 Å². The summed E-state index contributed by atoms with van der Waals surface area (Å²) in [7, 11) is 0. The molecule has 0 aromatic rings. The van der Waals surface area contributed by atoms with E-state index in [2.05, 4.69) is 0 Å². The van der Waals surface area contributed by atoms with Gasteiger partial charge in [-0.3, -0.25) is 0 Å². The first-order valence-corrected chi connectivity index (χ1v) is 3.87. The minimum absolute atomic E-state index is 0.156. The van der Waals surface area contributed by atoms with E-state index in [0.29, 0.717) is 0 Å². The van der Waals surface area contributed by atoms with Gasteiger partial charge in [-0.2, -0.15) is 0 Å². The molecule has 0 aromatic carbocycles. The van der Waals surface area contributed by atoms with Crippen molar-refractivity contribution in [1.29, 1.82) is 0 Å². The molecule has 0 radical (unpaired) electrons. The minimum Gasteiger partial charge on any atom is -0.394 e. The summed E-state index contributed by atoms with van der Waals surface area (Å²) >= 11 is 0. The van der Waals surface area contributed by atoms with E-state index in [1.165, 1.54) is 0 Å². The zero-order valence-electron chi connectivity index (χ0n) is 6.80. The lowest BCUT2D eigenvalue weighted by molar-refractivity contribution is -0.0260. The molecule has 5 N–H and O–H groups in total. The molecule has 0 amide bonds. The molecule has 3 atom stereocenters. The molecule has 0 rings (SSSR count). The van der Waals surface area contributed by atoms with Gasteiger partial charge in [-0.1, -0.05) is 0 Å². The van der Waals surface area contributed by atoms with Crippen molar-refractivity contribution in [1.82, 2.24) is 0 Å². The SMILES string of the molecule is OC[C@@H](O)CC[C@@H](O)[C@H](O)CO. The summed E-state index contributed by atoms with van der Waals surface area (Å²) in [6.45, 7) is -0.863. The maximum Gasteiger partial charge on any atom is 0.103 e. The summed E-state index contributed by atoms with van der Waals surface area (Å²) in [5.74, 6) is 0. The second kappa shape index (κ2) is 6.33. The number of hydrogen-bond acceptors (Lipinski definition) is 5. The molecule has 12 heavy (non-hydrogen) atoms. The average molecular weight is 180 g/mol. The smallest absolute Gasteiger partial charge is 0.103 e. The lowest BCUT2D eigenvalue weighted by Gasteiger charge is -2.16. The summed E-state index contributed by atoms with van der Waals surface area (Å²) in [4.78, 5) is 0. The lowest BCUT2D eigenvalue weighted by atomic mass is 10.1. The molecule has 0 spiro atoms. The van der Waals surface area contributed by atoms with Crippen LogP contribution in [0.5, 0.6) is 0 Å². The number of hydrogen-bond donors (Lipinski definition) is 5. The highest BCUT2D eigenvalue weighted by Crippen LogP contribution is 2.04. The fraction of sp³-hybridized carbons (Fsp3) is 1.00. The van der Waals surface area contributed by atoms with Gasteiger partial charge in [0.15, 0.2) is 0 Å². The summed E-state index contributed by atoms with van der Waals surface area (Å²) < 4.78 is 0. The molecule has 0 aromatic heterocycles. The summed E-state index contributed by atoms with van der Waals surface area (Å²) in [6.07, 6.45) is -2.73. The number of aliphatic hydroxyl groups is 5. The molecular formula is C7H16O5. The van der Waals surface area contributed by atoms with E-state index in [0.717, 1.165) is 0 Å². The molecule has 0 aliphatic carbocycles. The van der Waals surface area contributed by atoms with Crippen LogP contribution in [0.4, 0.5) is 0 Å². The molecule has 0 aliphatic heterocycles. The van der Waals surface area contributed by atoms with Crippen molar-refractivity contribution < 1.29 is 25.5 Å². The second-order valence-corrected chi connectivity index (χ2v) is 2.73. The molecule has 0 saturated heterocycles. The largest absolute Gasteiger partial charge is 0.394 e. The topological polar surface area (TPSA) is 101 Å². The first-order chi connectivity index (χ1) is 5.61. The Balaban J connectivity index is 3.49. The van der Waals surface area contributed by atoms with Crippen LogP contribution in [0.2, 0.25) is 0 Å². The quantitative estimate of drug-likeness (QED) is 0.320. The van der Waals surface area contributed by atoms with E-state index in [1.807, 2.05) is 0 Å². The Bertz CT molecular complexity index is 108. The van der Waals surface area contributed by atoms with Gasteiger partial charge in [0.1, 0.15) is 6.10 Å². The molecule has 0 unspecified atom stereocenters. The maximum atomic E-state index is 9.06. The predicted molar refractivity (Wildman–Crippen MR) is 41.4 cm³/mol. The van der Waals surface area contributed by atoms with Crippen molar-refractivity contribution in [3.63, 3.8) is 0 Å². The zero-order valence-corrected chi connectivity index (χ0v) is 6.80. The highest BCUT2D eigenvalue weighted by atomic mass is 16.4. The van der Waals surface area contributed by atoms with Gasteiger partial charge in [0.2, 0.25) is 0 Å². The standard InChI is InChI=1S/C7H16O5/c8-3-5(10)1-2-6(11)7(12)4-9/h5-12H,1-4H2/t5-,6+,7+/m0/s1. The van der Waals surface area contributed by atoms with Crippen LogP contribution in [-0.4, -0.2) is 57.1 Å². The van der Waals surface area contributed by atoms with Crippen LogP contribution < -0.4 is 0 Å².